The van der Waals surface area contributed by atoms with Gasteiger partial charge in [0.1, 0.15) is 6.61 Å². The van der Waals surface area contributed by atoms with Gasteiger partial charge in [-0.3, -0.25) is 4.79 Å². The molecular formula is C14H30O6. The normalized spacial score (nSPS) is 10.4. The van der Waals surface area contributed by atoms with Crippen LogP contribution in [0.25, 0.3) is 0 Å². The Morgan fingerprint density at radius 3 is 1.70 bits per heavy atom. The van der Waals surface area contributed by atoms with Crippen LogP contribution in [0.4, 0.5) is 0 Å². The van der Waals surface area contributed by atoms with Gasteiger partial charge in [-0.25, -0.2) is 0 Å². The number of hydrogen-bond donors (Lipinski definition) is 1. The topological polar surface area (TPSA) is 74.2 Å². The molecule has 0 heterocycles. The first-order valence-corrected chi connectivity index (χ1v) is 6.95. The minimum absolute atomic E-state index is 0.0213. The van der Waals surface area contributed by atoms with Crippen molar-refractivity contribution in [3.8, 4) is 0 Å². The molecule has 6 heteroatoms. The molecule has 0 unspecified atom stereocenters. The Labute approximate surface area is 122 Å². The molecule has 0 rings (SSSR count). The number of carbonyl (C=O) groups excluding carboxylic acids is 1. The van der Waals surface area contributed by atoms with Crippen molar-refractivity contribution in [2.45, 2.75) is 46.8 Å². The second kappa shape index (κ2) is 16.4. The fraction of sp³-hybridized carbons (Fsp3) is 0.929. The molecule has 0 aromatic heterocycles. The third kappa shape index (κ3) is 26.0. The van der Waals surface area contributed by atoms with Crippen molar-refractivity contribution in [1.82, 2.24) is 0 Å². The van der Waals surface area contributed by atoms with E-state index in [9.17, 15) is 4.79 Å². The number of ether oxygens (including phenoxy) is 4. The summed E-state index contributed by atoms with van der Waals surface area (Å²) in [5.74, 6) is -0.305. The fourth-order valence-corrected chi connectivity index (χ4v) is 1.18. The molecule has 122 valence electrons. The van der Waals surface area contributed by atoms with Crippen LogP contribution in [0.1, 0.15) is 34.6 Å². The smallest absolute Gasteiger partial charge is 0.302 e. The summed E-state index contributed by atoms with van der Waals surface area (Å²) in [6, 6.07) is 0. The van der Waals surface area contributed by atoms with Crippen LogP contribution in [0, 0.1) is 0 Å². The van der Waals surface area contributed by atoms with Crippen molar-refractivity contribution < 1.29 is 28.8 Å². The molecule has 6 nitrogen and oxygen atoms in total. The molecule has 0 fully saturated rings. The first-order valence-electron chi connectivity index (χ1n) is 6.95. The molecule has 0 aromatic rings. The lowest BCUT2D eigenvalue weighted by atomic mass is 10.4. The molecule has 20 heavy (non-hydrogen) atoms. The van der Waals surface area contributed by atoms with Crippen molar-refractivity contribution in [1.29, 1.82) is 0 Å². The minimum atomic E-state index is -0.305. The lowest BCUT2D eigenvalue weighted by molar-refractivity contribution is -0.142. The van der Waals surface area contributed by atoms with Crippen LogP contribution in [0.3, 0.4) is 0 Å². The van der Waals surface area contributed by atoms with Crippen LogP contribution in [-0.2, 0) is 23.7 Å². The summed E-state index contributed by atoms with van der Waals surface area (Å²) in [5, 5.41) is 8.34. The Bertz CT molecular complexity index is 200. The van der Waals surface area contributed by atoms with Crippen molar-refractivity contribution in [3.63, 3.8) is 0 Å². The van der Waals surface area contributed by atoms with Crippen molar-refractivity contribution in [2.24, 2.45) is 0 Å². The summed E-state index contributed by atoms with van der Waals surface area (Å²) in [7, 11) is 0. The van der Waals surface area contributed by atoms with E-state index in [1.807, 2.05) is 27.7 Å². The van der Waals surface area contributed by atoms with E-state index < -0.39 is 0 Å². The lowest BCUT2D eigenvalue weighted by Crippen LogP contribution is -2.12. The summed E-state index contributed by atoms with van der Waals surface area (Å²) in [5.41, 5.74) is 0. The highest BCUT2D eigenvalue weighted by Crippen LogP contribution is 1.93. The van der Waals surface area contributed by atoms with Gasteiger partial charge in [-0.15, -0.1) is 0 Å². The number of esters is 1. The summed E-state index contributed by atoms with van der Waals surface area (Å²) >= 11 is 0. The van der Waals surface area contributed by atoms with E-state index in [1.165, 1.54) is 6.92 Å². The van der Waals surface area contributed by atoms with Crippen molar-refractivity contribution >= 4 is 5.97 Å². The van der Waals surface area contributed by atoms with Crippen molar-refractivity contribution in [3.05, 3.63) is 0 Å². The third-order valence-electron chi connectivity index (χ3n) is 1.68. The van der Waals surface area contributed by atoms with Gasteiger partial charge >= 0.3 is 5.97 Å². The monoisotopic (exact) mass is 294 g/mol. The Hall–Kier alpha value is -0.690. The van der Waals surface area contributed by atoms with Gasteiger partial charge in [0.15, 0.2) is 0 Å². The molecule has 0 atom stereocenters. The molecule has 1 N–H and O–H groups in total. The third-order valence-corrected chi connectivity index (χ3v) is 1.68. The van der Waals surface area contributed by atoms with E-state index >= 15 is 0 Å². The Balaban J connectivity index is 0. The highest BCUT2D eigenvalue weighted by atomic mass is 16.6. The van der Waals surface area contributed by atoms with Crippen LogP contribution in [-0.4, -0.2) is 62.9 Å². The van der Waals surface area contributed by atoms with Gasteiger partial charge in [0.25, 0.3) is 0 Å². The Kier molecular flexibility index (Phi) is 17.7. The van der Waals surface area contributed by atoms with E-state index in [0.717, 1.165) is 0 Å². The molecule has 0 aliphatic heterocycles. The number of hydrogen-bond acceptors (Lipinski definition) is 6. The van der Waals surface area contributed by atoms with Gasteiger partial charge in [0, 0.05) is 6.92 Å². The van der Waals surface area contributed by atoms with Crippen LogP contribution in [0.5, 0.6) is 0 Å². The van der Waals surface area contributed by atoms with Gasteiger partial charge in [-0.1, -0.05) is 0 Å². The Morgan fingerprint density at radius 2 is 1.35 bits per heavy atom. The second-order valence-electron chi connectivity index (χ2n) is 4.52. The quantitative estimate of drug-likeness (QED) is 0.485. The number of aliphatic hydroxyl groups excluding tert-OH is 1. The number of carbonyl (C=O) groups is 1. The molecule has 0 spiro atoms. The van der Waals surface area contributed by atoms with Crippen LogP contribution >= 0.6 is 0 Å². The van der Waals surface area contributed by atoms with Crippen molar-refractivity contribution in [2.75, 3.05) is 39.6 Å². The molecule has 0 aliphatic rings. The highest BCUT2D eigenvalue weighted by molar-refractivity contribution is 5.65. The number of rotatable bonds is 10. The van der Waals surface area contributed by atoms with Gasteiger partial charge in [0.05, 0.1) is 45.2 Å². The van der Waals surface area contributed by atoms with Gasteiger partial charge < -0.3 is 24.1 Å². The summed E-state index contributed by atoms with van der Waals surface area (Å²) < 4.78 is 19.8. The maximum Gasteiger partial charge on any atom is 0.302 e. The SMILES string of the molecule is CC(=O)OCCOCCOCCO.CC(C)OC(C)C. The zero-order valence-electron chi connectivity index (χ0n) is 13.4. The summed E-state index contributed by atoms with van der Waals surface area (Å²) in [6.45, 7) is 11.4. The predicted molar refractivity (Wildman–Crippen MR) is 76.7 cm³/mol. The van der Waals surface area contributed by atoms with Gasteiger partial charge in [-0.05, 0) is 27.7 Å². The molecule has 0 bridgehead atoms. The standard InChI is InChI=1S/C8H16O5.C6H14O/c1-8(10)13-7-6-12-5-4-11-3-2-9;1-5(2)7-6(3)4/h9H,2-7H2,1H3;5-6H,1-4H3. The molecule has 0 saturated heterocycles. The molecule has 0 aromatic carbocycles. The average Bonchev–Trinajstić information content (AvgIpc) is 2.31. The maximum atomic E-state index is 10.3. The average molecular weight is 294 g/mol. The molecular weight excluding hydrogens is 264 g/mol. The van der Waals surface area contributed by atoms with E-state index in [4.69, 9.17) is 19.3 Å². The lowest BCUT2D eigenvalue weighted by Gasteiger charge is -2.09. The van der Waals surface area contributed by atoms with Gasteiger partial charge in [0.2, 0.25) is 0 Å². The zero-order chi connectivity index (χ0) is 15.8. The predicted octanol–water partition coefficient (Wildman–Crippen LogP) is 1.39. The molecule has 0 radical (unpaired) electrons. The van der Waals surface area contributed by atoms with Crippen LogP contribution in [0.2, 0.25) is 0 Å². The molecule has 0 saturated carbocycles. The number of aliphatic hydroxyl groups is 1. The highest BCUT2D eigenvalue weighted by Gasteiger charge is 1.94. The molecule has 0 amide bonds. The zero-order valence-corrected chi connectivity index (χ0v) is 13.4. The maximum absolute atomic E-state index is 10.3. The largest absolute Gasteiger partial charge is 0.463 e. The summed E-state index contributed by atoms with van der Waals surface area (Å²) in [6.07, 6.45) is 0.750. The minimum Gasteiger partial charge on any atom is -0.463 e. The fourth-order valence-electron chi connectivity index (χ4n) is 1.18. The Morgan fingerprint density at radius 1 is 0.900 bits per heavy atom. The van der Waals surface area contributed by atoms with Gasteiger partial charge in [-0.2, -0.15) is 0 Å². The van der Waals surface area contributed by atoms with E-state index in [1.54, 1.807) is 0 Å². The van der Waals surface area contributed by atoms with E-state index in [2.05, 4.69) is 4.74 Å². The van der Waals surface area contributed by atoms with E-state index in [0.29, 0.717) is 38.6 Å². The summed E-state index contributed by atoms with van der Waals surface area (Å²) in [4.78, 5) is 10.3. The van der Waals surface area contributed by atoms with Crippen LogP contribution in [0.15, 0.2) is 0 Å². The molecule has 0 aliphatic carbocycles. The second-order valence-corrected chi connectivity index (χ2v) is 4.52. The van der Waals surface area contributed by atoms with E-state index in [-0.39, 0.29) is 19.2 Å². The van der Waals surface area contributed by atoms with Crippen LogP contribution < -0.4 is 0 Å². The first kappa shape index (κ1) is 21.6. The first-order chi connectivity index (χ1) is 9.40.